The number of piperidine rings is 1. The SMILES string of the molecule is CC(C)Oc1cc(Br)cc(C(=O)NC2CCCNC2)c1. The molecule has 2 N–H and O–H groups in total. The van der Waals surface area contributed by atoms with Crippen LogP contribution in [-0.4, -0.2) is 31.1 Å². The van der Waals surface area contributed by atoms with Crippen LogP contribution in [-0.2, 0) is 0 Å². The number of ether oxygens (including phenoxy) is 1. The highest BCUT2D eigenvalue weighted by Crippen LogP contribution is 2.22. The fraction of sp³-hybridized carbons (Fsp3) is 0.533. The Kier molecular flexibility index (Phi) is 5.43. The van der Waals surface area contributed by atoms with Crippen LogP contribution in [0.15, 0.2) is 22.7 Å². The van der Waals surface area contributed by atoms with Gasteiger partial charge >= 0.3 is 0 Å². The van der Waals surface area contributed by atoms with E-state index in [0.717, 1.165) is 30.4 Å². The average Bonchev–Trinajstić information content (AvgIpc) is 2.38. The van der Waals surface area contributed by atoms with Crippen molar-refractivity contribution in [3.63, 3.8) is 0 Å². The molecular formula is C15H21BrN2O2. The number of hydrogen-bond acceptors (Lipinski definition) is 3. The molecular weight excluding hydrogens is 320 g/mol. The van der Waals surface area contributed by atoms with Crippen molar-refractivity contribution in [3.05, 3.63) is 28.2 Å². The molecule has 5 heteroatoms. The fourth-order valence-electron chi connectivity index (χ4n) is 2.28. The minimum absolute atomic E-state index is 0.0476. The van der Waals surface area contributed by atoms with Crippen LogP contribution >= 0.6 is 15.9 Å². The summed E-state index contributed by atoms with van der Waals surface area (Å²) in [5.41, 5.74) is 0.626. The van der Waals surface area contributed by atoms with Gasteiger partial charge < -0.3 is 15.4 Å². The molecule has 0 radical (unpaired) electrons. The van der Waals surface area contributed by atoms with Crippen molar-refractivity contribution in [2.75, 3.05) is 13.1 Å². The van der Waals surface area contributed by atoms with Crippen molar-refractivity contribution in [3.8, 4) is 5.75 Å². The maximum absolute atomic E-state index is 12.3. The van der Waals surface area contributed by atoms with Gasteiger partial charge in [0.15, 0.2) is 0 Å². The normalized spacial score (nSPS) is 18.9. The summed E-state index contributed by atoms with van der Waals surface area (Å²) in [5.74, 6) is 0.662. The van der Waals surface area contributed by atoms with Gasteiger partial charge in [0.2, 0.25) is 0 Å². The molecule has 0 aliphatic carbocycles. The van der Waals surface area contributed by atoms with E-state index in [2.05, 4.69) is 26.6 Å². The maximum Gasteiger partial charge on any atom is 0.251 e. The lowest BCUT2D eigenvalue weighted by Crippen LogP contribution is -2.45. The Bertz CT molecular complexity index is 471. The van der Waals surface area contributed by atoms with Crippen LogP contribution in [0, 0.1) is 0 Å². The Balaban J connectivity index is 2.06. The maximum atomic E-state index is 12.3. The van der Waals surface area contributed by atoms with Crippen LogP contribution < -0.4 is 15.4 Å². The highest BCUT2D eigenvalue weighted by Gasteiger charge is 2.17. The second-order valence-electron chi connectivity index (χ2n) is 5.36. The van der Waals surface area contributed by atoms with Crippen LogP contribution in [0.4, 0.5) is 0 Å². The standard InChI is InChI=1S/C15H21BrN2O2/c1-10(2)20-14-7-11(6-12(16)8-14)15(19)18-13-4-3-5-17-9-13/h6-8,10,13,17H,3-5,9H2,1-2H3,(H,18,19). The molecule has 1 atom stereocenters. The summed E-state index contributed by atoms with van der Waals surface area (Å²) in [6, 6.07) is 5.69. The van der Waals surface area contributed by atoms with Gasteiger partial charge in [-0.25, -0.2) is 0 Å². The first-order valence-corrected chi connectivity index (χ1v) is 7.82. The molecule has 1 saturated heterocycles. The molecule has 1 aromatic carbocycles. The van der Waals surface area contributed by atoms with Crippen LogP contribution in [0.5, 0.6) is 5.75 Å². The number of halogens is 1. The topological polar surface area (TPSA) is 50.4 Å². The summed E-state index contributed by atoms with van der Waals surface area (Å²) < 4.78 is 6.50. The molecule has 110 valence electrons. The number of hydrogen-bond donors (Lipinski definition) is 2. The van der Waals surface area contributed by atoms with E-state index < -0.39 is 0 Å². The zero-order valence-corrected chi connectivity index (χ0v) is 13.5. The van der Waals surface area contributed by atoms with Crippen molar-refractivity contribution in [1.82, 2.24) is 10.6 Å². The Morgan fingerprint density at radius 3 is 2.90 bits per heavy atom. The Labute approximate surface area is 128 Å². The van der Waals surface area contributed by atoms with E-state index in [9.17, 15) is 4.79 Å². The van der Waals surface area contributed by atoms with E-state index in [1.165, 1.54) is 0 Å². The largest absolute Gasteiger partial charge is 0.491 e. The van der Waals surface area contributed by atoms with Gasteiger partial charge in [-0.15, -0.1) is 0 Å². The number of carbonyl (C=O) groups is 1. The first-order valence-electron chi connectivity index (χ1n) is 7.03. The van der Waals surface area contributed by atoms with Crippen LogP contribution in [0.3, 0.4) is 0 Å². The summed E-state index contributed by atoms with van der Waals surface area (Å²) in [4.78, 5) is 12.3. The molecule has 1 aromatic rings. The molecule has 20 heavy (non-hydrogen) atoms. The molecule has 0 bridgehead atoms. The molecule has 1 heterocycles. The van der Waals surface area contributed by atoms with Crippen molar-refractivity contribution in [2.45, 2.75) is 38.8 Å². The van der Waals surface area contributed by atoms with Gasteiger partial charge in [0.05, 0.1) is 6.10 Å². The first-order chi connectivity index (χ1) is 9.54. The predicted octanol–water partition coefficient (Wildman–Crippen LogP) is 2.72. The number of amides is 1. The number of rotatable bonds is 4. The minimum atomic E-state index is -0.0476. The van der Waals surface area contributed by atoms with Crippen LogP contribution in [0.1, 0.15) is 37.0 Å². The zero-order chi connectivity index (χ0) is 14.5. The Morgan fingerprint density at radius 2 is 2.25 bits per heavy atom. The lowest BCUT2D eigenvalue weighted by atomic mass is 10.1. The Hall–Kier alpha value is -1.07. The minimum Gasteiger partial charge on any atom is -0.491 e. The van der Waals surface area contributed by atoms with Gasteiger partial charge in [-0.05, 0) is 51.4 Å². The predicted molar refractivity (Wildman–Crippen MR) is 83.3 cm³/mol. The van der Waals surface area contributed by atoms with Crippen molar-refractivity contribution in [2.24, 2.45) is 0 Å². The van der Waals surface area contributed by atoms with E-state index in [0.29, 0.717) is 11.3 Å². The number of benzene rings is 1. The number of carbonyl (C=O) groups excluding carboxylic acids is 1. The molecule has 0 spiro atoms. The third-order valence-corrected chi connectivity index (χ3v) is 3.60. The highest BCUT2D eigenvalue weighted by molar-refractivity contribution is 9.10. The van der Waals surface area contributed by atoms with E-state index in [-0.39, 0.29) is 18.1 Å². The highest BCUT2D eigenvalue weighted by atomic mass is 79.9. The molecule has 1 amide bonds. The Morgan fingerprint density at radius 1 is 1.45 bits per heavy atom. The first kappa shape index (κ1) is 15.3. The molecule has 0 saturated carbocycles. The van der Waals surface area contributed by atoms with E-state index in [1.54, 1.807) is 6.07 Å². The second kappa shape index (κ2) is 7.09. The second-order valence-corrected chi connectivity index (χ2v) is 6.27. The quantitative estimate of drug-likeness (QED) is 0.885. The van der Waals surface area contributed by atoms with Crippen LogP contribution in [0.25, 0.3) is 0 Å². The van der Waals surface area contributed by atoms with Crippen molar-refractivity contribution >= 4 is 21.8 Å². The zero-order valence-electron chi connectivity index (χ0n) is 11.9. The average molecular weight is 341 g/mol. The molecule has 1 aliphatic heterocycles. The van der Waals surface area contributed by atoms with Crippen molar-refractivity contribution in [1.29, 1.82) is 0 Å². The van der Waals surface area contributed by atoms with Gasteiger partial charge in [-0.3, -0.25) is 4.79 Å². The van der Waals surface area contributed by atoms with Crippen molar-refractivity contribution < 1.29 is 9.53 Å². The number of nitrogens with one attached hydrogen (secondary N) is 2. The summed E-state index contributed by atoms with van der Waals surface area (Å²) in [6.45, 7) is 5.81. The fourth-order valence-corrected chi connectivity index (χ4v) is 2.75. The summed E-state index contributed by atoms with van der Waals surface area (Å²) in [5, 5.41) is 6.36. The monoisotopic (exact) mass is 340 g/mol. The lowest BCUT2D eigenvalue weighted by Gasteiger charge is -2.24. The van der Waals surface area contributed by atoms with Gasteiger partial charge in [-0.2, -0.15) is 0 Å². The van der Waals surface area contributed by atoms with Crippen LogP contribution in [0.2, 0.25) is 0 Å². The molecule has 1 unspecified atom stereocenters. The molecule has 1 aliphatic rings. The third-order valence-electron chi connectivity index (χ3n) is 3.14. The summed E-state index contributed by atoms with van der Waals surface area (Å²) >= 11 is 3.42. The molecule has 4 nitrogen and oxygen atoms in total. The molecule has 1 fully saturated rings. The summed E-state index contributed by atoms with van der Waals surface area (Å²) in [6.07, 6.45) is 2.22. The lowest BCUT2D eigenvalue weighted by molar-refractivity contribution is 0.0930. The van der Waals surface area contributed by atoms with E-state index in [1.807, 2.05) is 26.0 Å². The van der Waals surface area contributed by atoms with E-state index in [4.69, 9.17) is 4.74 Å². The third kappa shape index (κ3) is 4.49. The summed E-state index contributed by atoms with van der Waals surface area (Å²) in [7, 11) is 0. The van der Waals surface area contributed by atoms with Gasteiger partial charge in [-0.1, -0.05) is 15.9 Å². The van der Waals surface area contributed by atoms with E-state index >= 15 is 0 Å². The smallest absolute Gasteiger partial charge is 0.251 e. The van der Waals surface area contributed by atoms with Gasteiger partial charge in [0, 0.05) is 22.6 Å². The van der Waals surface area contributed by atoms with Gasteiger partial charge in [0.1, 0.15) is 5.75 Å². The molecule has 2 rings (SSSR count). The van der Waals surface area contributed by atoms with Gasteiger partial charge in [0.25, 0.3) is 5.91 Å². The molecule has 0 aromatic heterocycles.